The molecule has 0 saturated carbocycles. The van der Waals surface area contributed by atoms with Gasteiger partial charge in [0.1, 0.15) is 5.60 Å². The third kappa shape index (κ3) is 3.45. The minimum atomic E-state index is -4.90. The van der Waals surface area contributed by atoms with Crippen molar-refractivity contribution in [2.75, 3.05) is 0 Å². The molecule has 1 aromatic heterocycles. The Kier molecular flexibility index (Phi) is 4.37. The molecule has 0 bridgehead atoms. The summed E-state index contributed by atoms with van der Waals surface area (Å²) in [4.78, 5) is 17.6. The lowest BCUT2D eigenvalue weighted by molar-refractivity contribution is -0.136. The van der Waals surface area contributed by atoms with Crippen LogP contribution in [0.25, 0.3) is 10.9 Å². The van der Waals surface area contributed by atoms with E-state index in [2.05, 4.69) is 5.16 Å². The zero-order valence-electron chi connectivity index (χ0n) is 14.8. The van der Waals surface area contributed by atoms with Crippen LogP contribution >= 0.6 is 0 Å². The largest absolute Gasteiger partial charge is 0.417 e. The van der Waals surface area contributed by atoms with Crippen LogP contribution in [-0.2, 0) is 33.7 Å². The highest BCUT2D eigenvalue weighted by molar-refractivity contribution is 8.05. The van der Waals surface area contributed by atoms with Crippen molar-refractivity contribution < 1.29 is 26.4 Å². The van der Waals surface area contributed by atoms with Gasteiger partial charge in [0, 0.05) is 24.4 Å². The number of sulfone groups is 1. The monoisotopic (exact) mass is 402 g/mol. The first kappa shape index (κ1) is 19.4. The molecule has 6 nitrogen and oxygen atoms in total. The van der Waals surface area contributed by atoms with Crippen LogP contribution in [0.5, 0.6) is 0 Å². The Balaban J connectivity index is 2.23. The third-order valence-corrected chi connectivity index (χ3v) is 5.95. The summed E-state index contributed by atoms with van der Waals surface area (Å²) < 4.78 is 67.6. The van der Waals surface area contributed by atoms with Crippen molar-refractivity contribution in [1.82, 2.24) is 4.57 Å². The molecule has 0 saturated heterocycles. The van der Waals surface area contributed by atoms with Gasteiger partial charge in [0.05, 0.1) is 16.8 Å². The third-order valence-electron chi connectivity index (χ3n) is 4.35. The van der Waals surface area contributed by atoms with E-state index >= 15 is 0 Å². The smallest absolute Gasteiger partial charge is 0.389 e. The summed E-state index contributed by atoms with van der Waals surface area (Å²) in [7, 11) is -2.96. The van der Waals surface area contributed by atoms with Crippen LogP contribution < -0.4 is 5.56 Å². The average molecular weight is 402 g/mol. The molecule has 2 aromatic rings. The van der Waals surface area contributed by atoms with E-state index in [-0.39, 0.29) is 22.4 Å². The van der Waals surface area contributed by atoms with Gasteiger partial charge in [0.25, 0.3) is 5.56 Å². The number of fused-ring (bicyclic) bond motifs is 1. The molecule has 0 aliphatic carbocycles. The Morgan fingerprint density at radius 3 is 2.44 bits per heavy atom. The van der Waals surface area contributed by atoms with Crippen molar-refractivity contribution in [3.8, 4) is 0 Å². The van der Waals surface area contributed by atoms with Gasteiger partial charge < -0.3 is 9.40 Å². The molecule has 2 heterocycles. The molecule has 1 aromatic carbocycles. The van der Waals surface area contributed by atoms with Crippen molar-refractivity contribution in [1.29, 1.82) is 0 Å². The molecule has 1 aliphatic heterocycles. The first-order valence-corrected chi connectivity index (χ1v) is 9.64. The van der Waals surface area contributed by atoms with Gasteiger partial charge in [-0.2, -0.15) is 13.2 Å². The lowest BCUT2D eigenvalue weighted by atomic mass is 10.0. The van der Waals surface area contributed by atoms with Crippen LogP contribution in [0.15, 0.2) is 34.2 Å². The maximum absolute atomic E-state index is 13.8. The fourth-order valence-electron chi connectivity index (χ4n) is 3.06. The van der Waals surface area contributed by atoms with E-state index in [0.29, 0.717) is 0 Å². The zero-order chi connectivity index (χ0) is 20.2. The fourth-order valence-corrected chi connectivity index (χ4v) is 4.59. The van der Waals surface area contributed by atoms with Crippen LogP contribution in [-0.4, -0.2) is 23.6 Å². The number of halogens is 3. The standard InChI is InChI=1S/C17H17F3N2O4S/c1-16(2)8-13(21-26-16)27(24,25)9-11-14(17(18,19)20)10-6-4-5-7-12(10)22(3)15(11)23/h4-7H,8-9H2,1-3H3. The van der Waals surface area contributed by atoms with Crippen LogP contribution in [0.4, 0.5) is 13.2 Å². The molecule has 0 amide bonds. The number of hydrogen-bond acceptors (Lipinski definition) is 5. The number of rotatable bonds is 2. The van der Waals surface area contributed by atoms with Crippen molar-refractivity contribution in [2.24, 2.45) is 12.2 Å². The SMILES string of the molecule is Cn1c(=O)c(CS(=O)(=O)C2=NOC(C)(C)C2)c(C(F)(F)F)c2ccccc21. The van der Waals surface area contributed by atoms with Crippen LogP contribution in [0.1, 0.15) is 31.4 Å². The molecular weight excluding hydrogens is 385 g/mol. The molecular formula is C17H17F3N2O4S. The summed E-state index contributed by atoms with van der Waals surface area (Å²) >= 11 is 0. The number of hydrogen-bond donors (Lipinski definition) is 0. The molecule has 0 radical (unpaired) electrons. The van der Waals surface area contributed by atoms with Gasteiger partial charge in [-0.3, -0.25) is 4.79 Å². The number of alkyl halides is 3. The van der Waals surface area contributed by atoms with E-state index in [1.54, 1.807) is 13.8 Å². The number of pyridine rings is 1. The van der Waals surface area contributed by atoms with E-state index in [9.17, 15) is 26.4 Å². The number of benzene rings is 1. The number of oxime groups is 1. The lowest BCUT2D eigenvalue weighted by Crippen LogP contribution is -2.31. The Hall–Kier alpha value is -2.36. The molecule has 10 heteroatoms. The van der Waals surface area contributed by atoms with Crippen LogP contribution in [0.2, 0.25) is 0 Å². The Labute approximate surface area is 153 Å². The van der Waals surface area contributed by atoms with Gasteiger partial charge in [-0.25, -0.2) is 8.42 Å². The predicted molar refractivity (Wildman–Crippen MR) is 94.0 cm³/mol. The molecule has 0 atom stereocenters. The van der Waals surface area contributed by atoms with Gasteiger partial charge in [-0.15, -0.1) is 0 Å². The molecule has 146 valence electrons. The van der Waals surface area contributed by atoms with E-state index in [1.807, 2.05) is 0 Å². The first-order chi connectivity index (χ1) is 12.3. The Morgan fingerprint density at radius 2 is 1.89 bits per heavy atom. The molecule has 0 unspecified atom stereocenters. The number of para-hydroxylation sites is 1. The van der Waals surface area contributed by atoms with E-state index < -0.39 is 44.1 Å². The van der Waals surface area contributed by atoms with E-state index in [4.69, 9.17) is 4.84 Å². The molecule has 27 heavy (non-hydrogen) atoms. The molecule has 0 N–H and O–H groups in total. The highest BCUT2D eigenvalue weighted by Gasteiger charge is 2.41. The van der Waals surface area contributed by atoms with Crippen LogP contribution in [0, 0.1) is 0 Å². The van der Waals surface area contributed by atoms with Gasteiger partial charge in [0.15, 0.2) is 14.9 Å². The summed E-state index contributed by atoms with van der Waals surface area (Å²) in [6.07, 6.45) is -4.98. The summed E-state index contributed by atoms with van der Waals surface area (Å²) in [5.74, 6) is -1.10. The van der Waals surface area contributed by atoms with Gasteiger partial charge >= 0.3 is 6.18 Å². The maximum Gasteiger partial charge on any atom is 0.417 e. The number of nitrogens with zero attached hydrogens (tertiary/aromatic N) is 2. The maximum atomic E-state index is 13.8. The van der Waals surface area contributed by atoms with Crippen LogP contribution in [0.3, 0.4) is 0 Å². The van der Waals surface area contributed by atoms with E-state index in [1.165, 1.54) is 31.3 Å². The van der Waals surface area contributed by atoms with Gasteiger partial charge in [-0.1, -0.05) is 23.4 Å². The average Bonchev–Trinajstić information content (AvgIpc) is 2.92. The fraction of sp³-hybridized carbons (Fsp3) is 0.412. The van der Waals surface area contributed by atoms with E-state index in [0.717, 1.165) is 4.57 Å². The topological polar surface area (TPSA) is 77.7 Å². The van der Waals surface area contributed by atoms with Crippen molar-refractivity contribution in [2.45, 2.75) is 37.8 Å². The second-order valence-corrected chi connectivity index (χ2v) is 8.99. The molecule has 3 rings (SSSR count). The molecule has 0 spiro atoms. The lowest BCUT2D eigenvalue weighted by Gasteiger charge is -2.18. The summed E-state index contributed by atoms with van der Waals surface area (Å²) in [5, 5.41) is 2.90. The quantitative estimate of drug-likeness (QED) is 0.774. The summed E-state index contributed by atoms with van der Waals surface area (Å²) in [5.41, 5.74) is -3.87. The Bertz CT molecular complexity index is 1120. The van der Waals surface area contributed by atoms with Gasteiger partial charge in [-0.05, 0) is 19.9 Å². The van der Waals surface area contributed by atoms with Crippen molar-refractivity contribution >= 4 is 25.8 Å². The number of aromatic nitrogens is 1. The van der Waals surface area contributed by atoms with Crippen molar-refractivity contribution in [3.63, 3.8) is 0 Å². The normalized spacial score (nSPS) is 17.0. The second-order valence-electron chi connectivity index (χ2n) is 7.00. The second kappa shape index (κ2) is 6.08. The van der Waals surface area contributed by atoms with Gasteiger partial charge in [0.2, 0.25) is 0 Å². The Morgan fingerprint density at radius 1 is 1.26 bits per heavy atom. The summed E-state index contributed by atoms with van der Waals surface area (Å²) in [6.45, 7) is 3.21. The molecule has 1 aliphatic rings. The minimum Gasteiger partial charge on any atom is -0.389 e. The highest BCUT2D eigenvalue weighted by Crippen LogP contribution is 2.37. The highest BCUT2D eigenvalue weighted by atomic mass is 32.2. The predicted octanol–water partition coefficient (Wildman–Crippen LogP) is 2.98. The first-order valence-electron chi connectivity index (χ1n) is 7.99. The number of aryl methyl sites for hydroxylation is 1. The zero-order valence-corrected chi connectivity index (χ0v) is 15.6. The van der Waals surface area contributed by atoms with Crippen molar-refractivity contribution in [3.05, 3.63) is 45.7 Å². The summed E-state index contributed by atoms with van der Waals surface area (Å²) in [6, 6.07) is 5.50. The minimum absolute atomic E-state index is 0.0682. The molecule has 0 fully saturated rings.